The van der Waals surface area contributed by atoms with Crippen LogP contribution in [0.5, 0.6) is 0 Å². The summed E-state index contributed by atoms with van der Waals surface area (Å²) in [5.41, 5.74) is 12.6. The van der Waals surface area contributed by atoms with Crippen LogP contribution in [0.2, 0.25) is 0 Å². The molecule has 7 heteroatoms. The largest absolute Gasteiger partial charge is 0.369 e. The Morgan fingerprint density at radius 1 is 1.05 bits per heavy atom. The van der Waals surface area contributed by atoms with E-state index in [-0.39, 0.29) is 23.8 Å². The molecule has 2 unspecified atom stereocenters. The zero-order chi connectivity index (χ0) is 26.0. The molecule has 0 aliphatic carbocycles. The number of hydrogen-bond acceptors (Lipinski definition) is 5. The number of anilines is 1. The van der Waals surface area contributed by atoms with E-state index in [1.54, 1.807) is 6.20 Å². The molecule has 1 saturated heterocycles. The molecular formula is C30H35N5O2. The Morgan fingerprint density at radius 2 is 1.78 bits per heavy atom. The highest BCUT2D eigenvalue weighted by Gasteiger charge is 2.56. The first-order chi connectivity index (χ1) is 17.9. The third-order valence-corrected chi connectivity index (χ3v) is 7.71. The second kappa shape index (κ2) is 10.3. The van der Waals surface area contributed by atoms with Gasteiger partial charge in [-0.3, -0.25) is 20.0 Å². The molecule has 1 aromatic heterocycles. The maximum atomic E-state index is 13.5. The van der Waals surface area contributed by atoms with Crippen LogP contribution >= 0.6 is 0 Å². The van der Waals surface area contributed by atoms with Gasteiger partial charge in [0.2, 0.25) is 5.91 Å². The maximum Gasteiger partial charge on any atom is 0.265 e. The van der Waals surface area contributed by atoms with E-state index in [1.807, 2.05) is 59.6 Å². The van der Waals surface area contributed by atoms with Crippen LogP contribution in [-0.2, 0) is 23.2 Å². The lowest BCUT2D eigenvalue weighted by atomic mass is 9.69. The molecule has 0 saturated carbocycles. The molecule has 3 heterocycles. The van der Waals surface area contributed by atoms with E-state index in [1.165, 1.54) is 0 Å². The summed E-state index contributed by atoms with van der Waals surface area (Å²) in [5, 5.41) is 1.98. The second-order valence-electron chi connectivity index (χ2n) is 10.5. The maximum absolute atomic E-state index is 13.5. The Balaban J connectivity index is 1.63. The van der Waals surface area contributed by atoms with Gasteiger partial charge in [0.15, 0.2) is 0 Å². The van der Waals surface area contributed by atoms with E-state index in [4.69, 9.17) is 5.73 Å². The smallest absolute Gasteiger partial charge is 0.265 e. The zero-order valence-corrected chi connectivity index (χ0v) is 21.6. The lowest BCUT2D eigenvalue weighted by Gasteiger charge is -2.40. The molecule has 37 heavy (non-hydrogen) atoms. The summed E-state index contributed by atoms with van der Waals surface area (Å²) in [6, 6.07) is 21.4. The SMILES string of the molecule is CC(C)C1N(Cc2ccccc2)c2cc(C(=O)NN3CCCC3)ccc2C1(Cc1ccccn1)C(N)=O. The normalized spacial score (nSPS) is 21.3. The van der Waals surface area contributed by atoms with Crippen molar-refractivity contribution in [3.63, 3.8) is 0 Å². The van der Waals surface area contributed by atoms with Gasteiger partial charge in [-0.25, -0.2) is 5.01 Å². The fourth-order valence-electron chi connectivity index (χ4n) is 6.15. The first kappa shape index (κ1) is 25.0. The van der Waals surface area contributed by atoms with Crippen LogP contribution in [0.15, 0.2) is 72.9 Å². The quantitative estimate of drug-likeness (QED) is 0.494. The van der Waals surface area contributed by atoms with Crippen LogP contribution in [0.25, 0.3) is 0 Å². The summed E-state index contributed by atoms with van der Waals surface area (Å²) in [7, 11) is 0. The number of rotatable bonds is 8. The van der Waals surface area contributed by atoms with Crippen molar-refractivity contribution in [1.82, 2.24) is 15.4 Å². The summed E-state index contributed by atoms with van der Waals surface area (Å²) in [6.07, 6.45) is 4.31. The van der Waals surface area contributed by atoms with Crippen LogP contribution < -0.4 is 16.1 Å². The standard InChI is InChI=1S/C30H35N5O2/c1-21(2)27-30(29(31)37,19-24-12-6-7-15-32-24)25-14-13-23(28(36)33-34-16-8-9-17-34)18-26(25)35(27)20-22-10-4-3-5-11-22/h3-7,10-15,18,21,27H,8-9,16-17,19-20H2,1-2H3,(H2,31,37)(H,33,36). The molecule has 2 aromatic carbocycles. The fourth-order valence-corrected chi connectivity index (χ4v) is 6.15. The minimum absolute atomic E-state index is 0.106. The van der Waals surface area contributed by atoms with E-state index in [0.717, 1.165) is 48.4 Å². The molecule has 2 atom stereocenters. The molecule has 3 N–H and O–H groups in total. The van der Waals surface area contributed by atoms with Gasteiger partial charge in [-0.05, 0) is 54.2 Å². The summed E-state index contributed by atoms with van der Waals surface area (Å²) in [4.78, 5) is 33.6. The number of hydrazine groups is 1. The highest BCUT2D eigenvalue weighted by atomic mass is 16.2. The molecule has 5 rings (SSSR count). The number of primary amides is 1. The molecule has 2 amide bonds. The monoisotopic (exact) mass is 497 g/mol. The minimum atomic E-state index is -0.989. The number of nitrogens with two attached hydrogens (primary N) is 1. The molecule has 192 valence electrons. The van der Waals surface area contributed by atoms with Crippen molar-refractivity contribution in [1.29, 1.82) is 0 Å². The van der Waals surface area contributed by atoms with E-state index >= 15 is 0 Å². The van der Waals surface area contributed by atoms with Gasteiger partial charge in [-0.2, -0.15) is 0 Å². The average molecular weight is 498 g/mol. The van der Waals surface area contributed by atoms with Gasteiger partial charge in [0.25, 0.3) is 5.91 Å². The van der Waals surface area contributed by atoms with Crippen LogP contribution in [-0.4, -0.2) is 40.9 Å². The van der Waals surface area contributed by atoms with Gasteiger partial charge in [0.05, 0.1) is 6.04 Å². The van der Waals surface area contributed by atoms with Crippen molar-refractivity contribution in [2.24, 2.45) is 11.7 Å². The van der Waals surface area contributed by atoms with Crippen molar-refractivity contribution in [3.8, 4) is 0 Å². The molecule has 2 aliphatic rings. The van der Waals surface area contributed by atoms with E-state index in [2.05, 4.69) is 41.3 Å². The molecular weight excluding hydrogens is 462 g/mol. The summed E-state index contributed by atoms with van der Waals surface area (Å²) < 4.78 is 0. The fraction of sp³-hybridized carbons (Fsp3) is 0.367. The van der Waals surface area contributed by atoms with Crippen molar-refractivity contribution < 1.29 is 9.59 Å². The molecule has 7 nitrogen and oxygen atoms in total. The number of benzene rings is 2. The highest BCUT2D eigenvalue weighted by Crippen LogP contribution is 2.50. The van der Waals surface area contributed by atoms with E-state index in [0.29, 0.717) is 18.5 Å². The summed E-state index contributed by atoms with van der Waals surface area (Å²) in [5.74, 6) is -0.399. The van der Waals surface area contributed by atoms with Crippen LogP contribution in [0.1, 0.15) is 53.9 Å². The molecule has 3 aromatic rings. The van der Waals surface area contributed by atoms with Crippen molar-refractivity contribution >= 4 is 17.5 Å². The van der Waals surface area contributed by atoms with Gasteiger partial charge in [-0.15, -0.1) is 0 Å². The third-order valence-electron chi connectivity index (χ3n) is 7.71. The lowest BCUT2D eigenvalue weighted by Crippen LogP contribution is -2.56. The number of fused-ring (bicyclic) bond motifs is 1. The topological polar surface area (TPSA) is 91.6 Å². The summed E-state index contributed by atoms with van der Waals surface area (Å²) in [6.45, 7) is 6.59. The number of pyridine rings is 1. The first-order valence-electron chi connectivity index (χ1n) is 13.1. The van der Waals surface area contributed by atoms with Crippen LogP contribution in [0.3, 0.4) is 0 Å². The lowest BCUT2D eigenvalue weighted by molar-refractivity contribution is -0.124. The minimum Gasteiger partial charge on any atom is -0.369 e. The predicted octanol–water partition coefficient (Wildman–Crippen LogP) is 3.83. The second-order valence-corrected chi connectivity index (χ2v) is 10.5. The van der Waals surface area contributed by atoms with Gasteiger partial charge in [0, 0.05) is 49.2 Å². The van der Waals surface area contributed by atoms with Gasteiger partial charge >= 0.3 is 0 Å². The first-order valence-corrected chi connectivity index (χ1v) is 13.1. The molecule has 0 bridgehead atoms. The van der Waals surface area contributed by atoms with Crippen molar-refractivity contribution in [2.75, 3.05) is 18.0 Å². The number of carbonyl (C=O) groups is 2. The van der Waals surface area contributed by atoms with E-state index in [9.17, 15) is 9.59 Å². The third kappa shape index (κ3) is 4.71. The average Bonchev–Trinajstić information content (AvgIpc) is 3.50. The van der Waals surface area contributed by atoms with Crippen LogP contribution in [0.4, 0.5) is 5.69 Å². The number of nitrogens with zero attached hydrogens (tertiary/aromatic N) is 3. The predicted molar refractivity (Wildman–Crippen MR) is 145 cm³/mol. The van der Waals surface area contributed by atoms with Gasteiger partial charge < -0.3 is 10.6 Å². The van der Waals surface area contributed by atoms with Crippen molar-refractivity contribution in [2.45, 2.75) is 51.1 Å². The Hall–Kier alpha value is -3.71. The summed E-state index contributed by atoms with van der Waals surface area (Å²) >= 11 is 0. The number of nitrogens with one attached hydrogen (secondary N) is 1. The Bertz CT molecular complexity index is 1260. The number of hydrogen-bond donors (Lipinski definition) is 2. The molecule has 2 aliphatic heterocycles. The van der Waals surface area contributed by atoms with Crippen LogP contribution in [0, 0.1) is 5.92 Å². The molecule has 0 radical (unpaired) electrons. The number of carbonyl (C=O) groups excluding carboxylic acids is 2. The highest BCUT2D eigenvalue weighted by molar-refractivity contribution is 5.98. The number of aromatic nitrogens is 1. The zero-order valence-electron chi connectivity index (χ0n) is 21.6. The number of amides is 2. The Kier molecular flexibility index (Phi) is 6.98. The van der Waals surface area contributed by atoms with E-state index < -0.39 is 5.41 Å². The molecule has 0 spiro atoms. The Labute approximate surface area is 218 Å². The molecule has 1 fully saturated rings. The van der Waals surface area contributed by atoms with Crippen molar-refractivity contribution in [3.05, 3.63) is 95.3 Å². The van der Waals surface area contributed by atoms with Gasteiger partial charge in [0.1, 0.15) is 5.41 Å². The Morgan fingerprint density at radius 3 is 2.43 bits per heavy atom. The van der Waals surface area contributed by atoms with Gasteiger partial charge in [-0.1, -0.05) is 56.3 Å².